The summed E-state index contributed by atoms with van der Waals surface area (Å²) in [5.41, 5.74) is 1.07. The highest BCUT2D eigenvalue weighted by molar-refractivity contribution is 9.10. The van der Waals surface area contributed by atoms with Crippen LogP contribution in [0.5, 0.6) is 0 Å². The number of carbonyl (C=O) groups is 1. The van der Waals surface area contributed by atoms with Gasteiger partial charge in [0, 0.05) is 4.47 Å². The van der Waals surface area contributed by atoms with E-state index in [4.69, 9.17) is 16.9 Å². The van der Waals surface area contributed by atoms with Crippen molar-refractivity contribution < 1.29 is 9.53 Å². The first kappa shape index (κ1) is 12.0. The predicted molar refractivity (Wildman–Crippen MR) is 59.6 cm³/mol. The number of carbonyl (C=O) groups excluding carboxylic acids is 1. The zero-order chi connectivity index (χ0) is 11.4. The number of rotatable bonds is 2. The van der Waals surface area contributed by atoms with Gasteiger partial charge in [0.2, 0.25) is 0 Å². The third-order valence-corrected chi connectivity index (χ3v) is 3.37. The number of hydrogen-bond donors (Lipinski definition) is 0. The summed E-state index contributed by atoms with van der Waals surface area (Å²) in [6.07, 6.45) is 0.127. The first-order valence-electron chi connectivity index (χ1n) is 4.04. The summed E-state index contributed by atoms with van der Waals surface area (Å²) in [6.45, 7) is 0. The van der Waals surface area contributed by atoms with Crippen molar-refractivity contribution in [3.05, 3.63) is 32.8 Å². The molecule has 0 saturated carbocycles. The SMILES string of the molecule is COC(=O)Cc1ccc(C#N)c(Cl)c1Br. The van der Waals surface area contributed by atoms with Crippen LogP contribution < -0.4 is 0 Å². The first-order valence-corrected chi connectivity index (χ1v) is 5.21. The van der Waals surface area contributed by atoms with Crippen LogP contribution in [-0.2, 0) is 16.0 Å². The molecule has 0 aromatic heterocycles. The summed E-state index contributed by atoms with van der Waals surface area (Å²) < 4.78 is 5.10. The standard InChI is InChI=1S/C10H7BrClNO2/c1-15-8(14)4-6-2-3-7(5-13)10(12)9(6)11/h2-3H,4H2,1H3. The molecule has 0 aliphatic heterocycles. The Morgan fingerprint density at radius 2 is 2.33 bits per heavy atom. The van der Waals surface area contributed by atoms with E-state index in [0.717, 1.165) is 0 Å². The van der Waals surface area contributed by atoms with Crippen LogP contribution in [0.1, 0.15) is 11.1 Å². The maximum Gasteiger partial charge on any atom is 0.310 e. The number of nitrogens with zero attached hydrogens (tertiary/aromatic N) is 1. The molecule has 0 aliphatic rings. The van der Waals surface area contributed by atoms with Gasteiger partial charge in [-0.2, -0.15) is 5.26 Å². The molecule has 0 unspecified atom stereocenters. The van der Waals surface area contributed by atoms with E-state index in [1.165, 1.54) is 7.11 Å². The van der Waals surface area contributed by atoms with Crippen LogP contribution >= 0.6 is 27.5 Å². The third kappa shape index (κ3) is 2.71. The van der Waals surface area contributed by atoms with Gasteiger partial charge in [-0.3, -0.25) is 4.79 Å². The van der Waals surface area contributed by atoms with Gasteiger partial charge in [0.15, 0.2) is 0 Å². The Bertz CT molecular complexity index is 440. The Balaban J connectivity index is 3.08. The van der Waals surface area contributed by atoms with Crippen LogP contribution in [-0.4, -0.2) is 13.1 Å². The van der Waals surface area contributed by atoms with Gasteiger partial charge in [-0.15, -0.1) is 0 Å². The van der Waals surface area contributed by atoms with E-state index in [0.29, 0.717) is 20.6 Å². The number of halogens is 2. The van der Waals surface area contributed by atoms with Crippen molar-refractivity contribution in [2.24, 2.45) is 0 Å². The van der Waals surface area contributed by atoms with Crippen molar-refractivity contribution in [1.29, 1.82) is 5.26 Å². The second-order valence-corrected chi connectivity index (χ2v) is 3.94. The number of esters is 1. The highest BCUT2D eigenvalue weighted by Gasteiger charge is 2.12. The molecule has 0 spiro atoms. The minimum absolute atomic E-state index is 0.127. The summed E-state index contributed by atoms with van der Waals surface area (Å²) >= 11 is 9.14. The van der Waals surface area contributed by atoms with Crippen LogP contribution in [0, 0.1) is 11.3 Å². The average molecular weight is 289 g/mol. The van der Waals surface area contributed by atoms with E-state index >= 15 is 0 Å². The molecule has 1 aromatic carbocycles. The van der Waals surface area contributed by atoms with Gasteiger partial charge in [0.1, 0.15) is 6.07 Å². The van der Waals surface area contributed by atoms with Gasteiger partial charge >= 0.3 is 5.97 Å². The van der Waals surface area contributed by atoms with Gasteiger partial charge in [0.05, 0.1) is 24.1 Å². The Labute approximate surface area is 101 Å². The topological polar surface area (TPSA) is 50.1 Å². The number of hydrogen-bond acceptors (Lipinski definition) is 3. The molecule has 0 fully saturated rings. The Hall–Kier alpha value is -1.05. The van der Waals surface area contributed by atoms with Crippen LogP contribution in [0.2, 0.25) is 5.02 Å². The monoisotopic (exact) mass is 287 g/mol. The summed E-state index contributed by atoms with van der Waals surface area (Å²) in [7, 11) is 1.32. The van der Waals surface area contributed by atoms with Crippen molar-refractivity contribution in [3.8, 4) is 6.07 Å². The Kier molecular flexibility index (Phi) is 4.13. The smallest absolute Gasteiger partial charge is 0.310 e. The summed E-state index contributed by atoms with van der Waals surface area (Å²) in [5.74, 6) is -0.350. The highest BCUT2D eigenvalue weighted by atomic mass is 79.9. The van der Waals surface area contributed by atoms with E-state index in [1.807, 2.05) is 6.07 Å². The van der Waals surface area contributed by atoms with Crippen molar-refractivity contribution in [1.82, 2.24) is 0 Å². The molecule has 1 aromatic rings. The van der Waals surface area contributed by atoms with E-state index in [1.54, 1.807) is 12.1 Å². The van der Waals surface area contributed by atoms with Crippen LogP contribution in [0.4, 0.5) is 0 Å². The molecule has 0 radical (unpaired) electrons. The largest absolute Gasteiger partial charge is 0.469 e. The van der Waals surface area contributed by atoms with Crippen LogP contribution in [0.25, 0.3) is 0 Å². The lowest BCUT2D eigenvalue weighted by Crippen LogP contribution is -2.05. The maximum absolute atomic E-state index is 11.0. The molecule has 1 rings (SSSR count). The molecule has 0 saturated heterocycles. The molecule has 0 N–H and O–H groups in total. The van der Waals surface area contributed by atoms with Crippen molar-refractivity contribution in [2.45, 2.75) is 6.42 Å². The number of ether oxygens (including phenoxy) is 1. The Morgan fingerprint density at radius 3 is 2.87 bits per heavy atom. The van der Waals surface area contributed by atoms with Gasteiger partial charge in [-0.25, -0.2) is 0 Å². The summed E-state index contributed by atoms with van der Waals surface area (Å²) in [6, 6.07) is 5.20. The predicted octanol–water partition coefficient (Wildman–Crippen LogP) is 2.69. The average Bonchev–Trinajstić information content (AvgIpc) is 2.25. The minimum Gasteiger partial charge on any atom is -0.469 e. The summed E-state index contributed by atoms with van der Waals surface area (Å²) in [5, 5.41) is 9.03. The summed E-state index contributed by atoms with van der Waals surface area (Å²) in [4.78, 5) is 11.0. The number of methoxy groups -OCH3 is 1. The Morgan fingerprint density at radius 1 is 1.67 bits per heavy atom. The van der Waals surface area contributed by atoms with Crippen molar-refractivity contribution in [2.75, 3.05) is 7.11 Å². The molecular weight excluding hydrogens is 281 g/mol. The quantitative estimate of drug-likeness (QED) is 0.786. The van der Waals surface area contributed by atoms with Crippen LogP contribution in [0.15, 0.2) is 16.6 Å². The number of benzene rings is 1. The van der Waals surface area contributed by atoms with E-state index in [2.05, 4.69) is 20.7 Å². The van der Waals surface area contributed by atoms with Gasteiger partial charge in [-0.1, -0.05) is 17.7 Å². The molecule has 78 valence electrons. The normalized spacial score (nSPS) is 9.47. The fourth-order valence-corrected chi connectivity index (χ4v) is 1.75. The molecule has 0 atom stereocenters. The van der Waals surface area contributed by atoms with Crippen molar-refractivity contribution in [3.63, 3.8) is 0 Å². The second-order valence-electron chi connectivity index (χ2n) is 2.76. The lowest BCUT2D eigenvalue weighted by Gasteiger charge is -2.05. The fraction of sp³-hybridized carbons (Fsp3) is 0.200. The third-order valence-electron chi connectivity index (χ3n) is 1.85. The zero-order valence-electron chi connectivity index (χ0n) is 7.88. The molecular formula is C10H7BrClNO2. The first-order chi connectivity index (χ1) is 7.10. The lowest BCUT2D eigenvalue weighted by atomic mass is 10.1. The van der Waals surface area contributed by atoms with Crippen molar-refractivity contribution >= 4 is 33.5 Å². The van der Waals surface area contributed by atoms with E-state index < -0.39 is 0 Å². The van der Waals surface area contributed by atoms with Crippen LogP contribution in [0.3, 0.4) is 0 Å². The maximum atomic E-state index is 11.0. The highest BCUT2D eigenvalue weighted by Crippen LogP contribution is 2.29. The van der Waals surface area contributed by atoms with E-state index in [-0.39, 0.29) is 12.4 Å². The molecule has 0 bridgehead atoms. The molecule has 3 nitrogen and oxygen atoms in total. The minimum atomic E-state index is -0.350. The molecule has 5 heteroatoms. The number of nitriles is 1. The van der Waals surface area contributed by atoms with E-state index in [9.17, 15) is 4.79 Å². The fourth-order valence-electron chi connectivity index (χ4n) is 1.04. The molecule has 0 aliphatic carbocycles. The molecule has 0 amide bonds. The zero-order valence-corrected chi connectivity index (χ0v) is 10.2. The second kappa shape index (κ2) is 5.15. The lowest BCUT2D eigenvalue weighted by molar-refractivity contribution is -0.139. The van der Waals surface area contributed by atoms with Gasteiger partial charge < -0.3 is 4.74 Å². The van der Waals surface area contributed by atoms with Gasteiger partial charge in [0.25, 0.3) is 0 Å². The van der Waals surface area contributed by atoms with Gasteiger partial charge in [-0.05, 0) is 27.6 Å². The molecule has 15 heavy (non-hydrogen) atoms. The molecule has 0 heterocycles.